The Balaban J connectivity index is 3.19. The van der Waals surface area contributed by atoms with Crippen molar-refractivity contribution in [1.82, 2.24) is 0 Å². The predicted molar refractivity (Wildman–Crippen MR) is 96.7 cm³/mol. The SMILES string of the molecule is C/C=C/[C@@](CCCOC(C)=O)(c1ccc(OC)c(OC)c1)C(C)C. The topological polar surface area (TPSA) is 44.8 Å². The number of benzene rings is 1. The molecule has 0 heterocycles. The smallest absolute Gasteiger partial charge is 0.302 e. The third-order valence-corrected chi connectivity index (χ3v) is 4.46. The summed E-state index contributed by atoms with van der Waals surface area (Å²) < 4.78 is 15.9. The number of hydrogen-bond donors (Lipinski definition) is 0. The molecule has 0 N–H and O–H groups in total. The maximum Gasteiger partial charge on any atom is 0.302 e. The van der Waals surface area contributed by atoms with E-state index >= 15 is 0 Å². The summed E-state index contributed by atoms with van der Waals surface area (Å²) >= 11 is 0. The fourth-order valence-electron chi connectivity index (χ4n) is 3.14. The molecule has 0 saturated heterocycles. The Kier molecular flexibility index (Phi) is 7.83. The van der Waals surface area contributed by atoms with Crippen molar-refractivity contribution in [2.75, 3.05) is 20.8 Å². The molecule has 0 aliphatic carbocycles. The van der Waals surface area contributed by atoms with E-state index in [-0.39, 0.29) is 11.4 Å². The van der Waals surface area contributed by atoms with Crippen LogP contribution >= 0.6 is 0 Å². The summed E-state index contributed by atoms with van der Waals surface area (Å²) in [5.41, 5.74) is 1.03. The van der Waals surface area contributed by atoms with Crippen LogP contribution in [0.3, 0.4) is 0 Å². The molecule has 0 radical (unpaired) electrons. The van der Waals surface area contributed by atoms with Crippen LogP contribution in [0.4, 0.5) is 0 Å². The van der Waals surface area contributed by atoms with E-state index in [4.69, 9.17) is 14.2 Å². The third-order valence-electron chi connectivity index (χ3n) is 4.46. The zero-order valence-electron chi connectivity index (χ0n) is 15.7. The van der Waals surface area contributed by atoms with Gasteiger partial charge in [0.15, 0.2) is 11.5 Å². The second-order valence-electron chi connectivity index (χ2n) is 6.21. The van der Waals surface area contributed by atoms with Crippen LogP contribution in [0.15, 0.2) is 30.4 Å². The molecule has 0 saturated carbocycles. The van der Waals surface area contributed by atoms with Crippen molar-refractivity contribution in [2.24, 2.45) is 5.92 Å². The summed E-state index contributed by atoms with van der Waals surface area (Å²) in [6, 6.07) is 6.08. The lowest BCUT2D eigenvalue weighted by molar-refractivity contribution is -0.141. The van der Waals surface area contributed by atoms with Gasteiger partial charge in [0.2, 0.25) is 0 Å². The van der Waals surface area contributed by atoms with Gasteiger partial charge in [-0.1, -0.05) is 32.1 Å². The van der Waals surface area contributed by atoms with Crippen molar-refractivity contribution in [1.29, 1.82) is 0 Å². The summed E-state index contributed by atoms with van der Waals surface area (Å²) in [4.78, 5) is 11.0. The fraction of sp³-hybridized carbons (Fsp3) is 0.550. The van der Waals surface area contributed by atoms with E-state index in [2.05, 4.69) is 32.1 Å². The normalized spacial score (nSPS) is 13.8. The summed E-state index contributed by atoms with van der Waals surface area (Å²) in [5, 5.41) is 0. The molecule has 0 unspecified atom stereocenters. The summed E-state index contributed by atoms with van der Waals surface area (Å²) in [6.07, 6.45) is 6.02. The first-order valence-corrected chi connectivity index (χ1v) is 8.41. The molecule has 0 bridgehead atoms. The van der Waals surface area contributed by atoms with Gasteiger partial charge in [0.25, 0.3) is 0 Å². The van der Waals surface area contributed by atoms with E-state index in [9.17, 15) is 4.79 Å². The number of hydrogen-bond acceptors (Lipinski definition) is 4. The van der Waals surface area contributed by atoms with E-state index in [1.165, 1.54) is 12.5 Å². The minimum Gasteiger partial charge on any atom is -0.493 e. The first-order chi connectivity index (χ1) is 11.4. The molecule has 24 heavy (non-hydrogen) atoms. The van der Waals surface area contributed by atoms with Gasteiger partial charge in [0.05, 0.1) is 20.8 Å². The lowest BCUT2D eigenvalue weighted by Crippen LogP contribution is -2.31. The van der Waals surface area contributed by atoms with Crippen LogP contribution in [0.5, 0.6) is 11.5 Å². The van der Waals surface area contributed by atoms with Crippen LogP contribution in [-0.4, -0.2) is 26.8 Å². The quantitative estimate of drug-likeness (QED) is 0.378. The van der Waals surface area contributed by atoms with Crippen LogP contribution in [0, 0.1) is 5.92 Å². The highest BCUT2D eigenvalue weighted by atomic mass is 16.5. The Morgan fingerprint density at radius 2 is 1.88 bits per heavy atom. The maximum atomic E-state index is 11.0. The van der Waals surface area contributed by atoms with Crippen LogP contribution in [0.1, 0.15) is 46.1 Å². The van der Waals surface area contributed by atoms with Crippen molar-refractivity contribution in [3.63, 3.8) is 0 Å². The molecule has 0 aromatic heterocycles. The second kappa shape index (κ2) is 9.36. The van der Waals surface area contributed by atoms with Crippen LogP contribution < -0.4 is 9.47 Å². The van der Waals surface area contributed by atoms with Crippen molar-refractivity contribution in [2.45, 2.75) is 46.0 Å². The molecule has 134 valence electrons. The highest BCUT2D eigenvalue weighted by molar-refractivity contribution is 5.65. The summed E-state index contributed by atoms with van der Waals surface area (Å²) in [7, 11) is 3.29. The molecular formula is C20H30O4. The van der Waals surface area contributed by atoms with Crippen LogP contribution in [0.25, 0.3) is 0 Å². The van der Waals surface area contributed by atoms with E-state index in [0.717, 1.165) is 24.3 Å². The molecule has 0 amide bonds. The van der Waals surface area contributed by atoms with Gasteiger partial charge in [0.1, 0.15) is 0 Å². The Labute approximate surface area is 145 Å². The Morgan fingerprint density at radius 3 is 2.38 bits per heavy atom. The van der Waals surface area contributed by atoms with Gasteiger partial charge in [-0.15, -0.1) is 0 Å². The lowest BCUT2D eigenvalue weighted by Gasteiger charge is -2.36. The predicted octanol–water partition coefficient (Wildman–Crippen LogP) is 4.52. The van der Waals surface area contributed by atoms with Crippen LogP contribution in [0.2, 0.25) is 0 Å². The van der Waals surface area contributed by atoms with Gasteiger partial charge in [-0.25, -0.2) is 0 Å². The van der Waals surface area contributed by atoms with Gasteiger partial charge in [-0.3, -0.25) is 4.79 Å². The van der Waals surface area contributed by atoms with Crippen molar-refractivity contribution >= 4 is 5.97 Å². The average molecular weight is 334 g/mol. The molecule has 1 rings (SSSR count). The Hall–Kier alpha value is -1.97. The Morgan fingerprint density at radius 1 is 1.21 bits per heavy atom. The van der Waals surface area contributed by atoms with E-state index in [1.54, 1.807) is 14.2 Å². The zero-order valence-corrected chi connectivity index (χ0v) is 15.7. The number of rotatable bonds is 9. The van der Waals surface area contributed by atoms with Gasteiger partial charge < -0.3 is 14.2 Å². The molecule has 0 aliphatic heterocycles. The van der Waals surface area contributed by atoms with E-state index < -0.39 is 0 Å². The monoisotopic (exact) mass is 334 g/mol. The molecule has 4 heteroatoms. The molecule has 1 aromatic carbocycles. The zero-order chi connectivity index (χ0) is 18.2. The van der Waals surface area contributed by atoms with E-state index in [1.807, 2.05) is 19.1 Å². The van der Waals surface area contributed by atoms with Crippen LogP contribution in [-0.2, 0) is 14.9 Å². The minimum atomic E-state index is -0.234. The van der Waals surface area contributed by atoms with Crippen molar-refractivity contribution in [3.05, 3.63) is 35.9 Å². The molecular weight excluding hydrogens is 304 g/mol. The van der Waals surface area contributed by atoms with E-state index in [0.29, 0.717) is 12.5 Å². The standard InChI is InChI=1S/C20H30O4/c1-7-11-20(15(2)3,12-8-13-24-16(4)21)17-9-10-18(22-5)19(14-17)23-6/h7,9-11,14-15H,8,12-13H2,1-6H3/b11-7+/t20-/m0/s1. The molecule has 0 spiro atoms. The third kappa shape index (κ3) is 4.76. The molecule has 4 nitrogen and oxygen atoms in total. The van der Waals surface area contributed by atoms with Gasteiger partial charge in [-0.05, 0) is 43.4 Å². The Bertz CT molecular complexity index is 563. The maximum absolute atomic E-state index is 11.0. The van der Waals surface area contributed by atoms with Crippen molar-refractivity contribution in [3.8, 4) is 11.5 Å². The van der Waals surface area contributed by atoms with Gasteiger partial charge >= 0.3 is 5.97 Å². The number of methoxy groups -OCH3 is 2. The van der Waals surface area contributed by atoms with Gasteiger partial charge in [0, 0.05) is 12.3 Å². The summed E-state index contributed by atoms with van der Waals surface area (Å²) in [6.45, 7) is 8.33. The first kappa shape index (κ1) is 20.1. The molecule has 0 aliphatic rings. The molecule has 0 fully saturated rings. The van der Waals surface area contributed by atoms with Crippen molar-refractivity contribution < 1.29 is 19.0 Å². The number of allylic oxidation sites excluding steroid dienone is 2. The summed E-state index contributed by atoms with van der Waals surface area (Å²) in [5.74, 6) is 1.59. The molecule has 1 atom stereocenters. The fourth-order valence-corrected chi connectivity index (χ4v) is 3.14. The number of carbonyl (C=O) groups is 1. The number of carbonyl (C=O) groups excluding carboxylic acids is 1. The van der Waals surface area contributed by atoms with Gasteiger partial charge in [-0.2, -0.15) is 0 Å². The number of ether oxygens (including phenoxy) is 3. The highest BCUT2D eigenvalue weighted by Crippen LogP contribution is 2.42. The lowest BCUT2D eigenvalue weighted by atomic mass is 9.68. The number of esters is 1. The average Bonchev–Trinajstić information content (AvgIpc) is 2.56. The second-order valence-corrected chi connectivity index (χ2v) is 6.21. The molecule has 1 aromatic rings. The largest absolute Gasteiger partial charge is 0.493 e. The minimum absolute atomic E-state index is 0.144. The first-order valence-electron chi connectivity index (χ1n) is 8.41. The highest BCUT2D eigenvalue weighted by Gasteiger charge is 2.33.